The Labute approximate surface area is 131 Å². The summed E-state index contributed by atoms with van der Waals surface area (Å²) >= 11 is 7.48. The number of aromatic amines is 1. The van der Waals surface area contributed by atoms with Crippen molar-refractivity contribution in [1.82, 2.24) is 9.97 Å². The van der Waals surface area contributed by atoms with E-state index >= 15 is 0 Å². The molecule has 1 N–H and O–H groups in total. The van der Waals surface area contributed by atoms with Crippen molar-refractivity contribution in [2.24, 2.45) is 0 Å². The van der Waals surface area contributed by atoms with Gasteiger partial charge in [-0.3, -0.25) is 4.79 Å². The number of aryl methyl sites for hydroxylation is 1. The molecule has 0 spiro atoms. The van der Waals surface area contributed by atoms with Gasteiger partial charge in [-0.2, -0.15) is 0 Å². The van der Waals surface area contributed by atoms with E-state index in [0.717, 1.165) is 22.4 Å². The smallest absolute Gasteiger partial charge is 0.260 e. The number of hydrogen-bond acceptors (Lipinski definition) is 3. The van der Waals surface area contributed by atoms with Crippen molar-refractivity contribution in [3.8, 4) is 11.1 Å². The van der Waals surface area contributed by atoms with Gasteiger partial charge in [-0.05, 0) is 24.5 Å². The summed E-state index contributed by atoms with van der Waals surface area (Å²) in [6, 6.07) is 8.29. The van der Waals surface area contributed by atoms with E-state index in [9.17, 15) is 4.79 Å². The maximum Gasteiger partial charge on any atom is 0.260 e. The second kappa shape index (κ2) is 5.62. The molecule has 3 rings (SSSR count). The third-order valence-corrected chi connectivity index (χ3v) is 4.59. The van der Waals surface area contributed by atoms with Crippen molar-refractivity contribution in [2.75, 3.05) is 0 Å². The molecule has 21 heavy (non-hydrogen) atoms. The summed E-state index contributed by atoms with van der Waals surface area (Å²) in [7, 11) is 0. The Balaban J connectivity index is 2.17. The number of halogens is 1. The largest absolute Gasteiger partial charge is 0.309 e. The first-order chi connectivity index (χ1) is 10.1. The predicted molar refractivity (Wildman–Crippen MR) is 89.3 cm³/mol. The average molecular weight is 319 g/mol. The number of aromatic nitrogens is 2. The molecule has 3 aromatic rings. The molecule has 0 fully saturated rings. The van der Waals surface area contributed by atoms with E-state index in [1.54, 1.807) is 6.92 Å². The summed E-state index contributed by atoms with van der Waals surface area (Å²) in [5, 5.41) is 2.32. The van der Waals surface area contributed by atoms with Crippen LogP contribution in [0, 0.1) is 0 Å². The fraction of sp³-hybridized carbons (Fsp3) is 0.250. The topological polar surface area (TPSA) is 45.8 Å². The van der Waals surface area contributed by atoms with Gasteiger partial charge in [0.25, 0.3) is 5.56 Å². The molecule has 0 aliphatic heterocycles. The Morgan fingerprint density at radius 2 is 2.05 bits per heavy atom. The molecule has 1 atom stereocenters. The van der Waals surface area contributed by atoms with Gasteiger partial charge in [-0.15, -0.1) is 22.9 Å². The Hall–Kier alpha value is -1.65. The third-order valence-electron chi connectivity index (χ3n) is 3.51. The zero-order valence-corrected chi connectivity index (χ0v) is 13.4. The molecular weight excluding hydrogens is 304 g/mol. The normalized spacial score (nSPS) is 12.7. The minimum Gasteiger partial charge on any atom is -0.309 e. The molecule has 0 saturated carbocycles. The quantitative estimate of drug-likeness (QED) is 0.722. The van der Waals surface area contributed by atoms with Gasteiger partial charge in [0, 0.05) is 10.9 Å². The number of nitrogens with zero attached hydrogens (tertiary/aromatic N) is 1. The van der Waals surface area contributed by atoms with Crippen LogP contribution in [-0.4, -0.2) is 9.97 Å². The van der Waals surface area contributed by atoms with E-state index in [4.69, 9.17) is 11.6 Å². The second-order valence-corrected chi connectivity index (χ2v) is 6.46. The van der Waals surface area contributed by atoms with Gasteiger partial charge >= 0.3 is 0 Å². The van der Waals surface area contributed by atoms with E-state index in [1.807, 2.05) is 5.38 Å². The Morgan fingerprint density at radius 1 is 1.33 bits per heavy atom. The predicted octanol–water partition coefficient (Wildman–Crippen LogP) is 4.51. The van der Waals surface area contributed by atoms with Crippen molar-refractivity contribution in [3.05, 3.63) is 51.4 Å². The molecule has 0 saturated heterocycles. The highest BCUT2D eigenvalue weighted by Gasteiger charge is 2.14. The number of fused-ring (bicyclic) bond motifs is 1. The lowest BCUT2D eigenvalue weighted by atomic mass is 10.0. The maximum atomic E-state index is 12.3. The van der Waals surface area contributed by atoms with Crippen LogP contribution in [0.1, 0.15) is 30.6 Å². The lowest BCUT2D eigenvalue weighted by molar-refractivity contribution is 0.917. The van der Waals surface area contributed by atoms with Crippen LogP contribution in [-0.2, 0) is 6.42 Å². The van der Waals surface area contributed by atoms with E-state index in [-0.39, 0.29) is 10.9 Å². The number of thiophene rings is 1. The molecule has 1 aromatic carbocycles. The van der Waals surface area contributed by atoms with E-state index in [0.29, 0.717) is 11.2 Å². The monoisotopic (exact) mass is 318 g/mol. The molecule has 3 nitrogen and oxygen atoms in total. The molecular formula is C16H15ClN2OS. The van der Waals surface area contributed by atoms with Gasteiger partial charge in [-0.25, -0.2) is 4.98 Å². The molecule has 0 aliphatic carbocycles. The first kappa shape index (κ1) is 14.3. The Bertz CT molecular complexity index is 834. The van der Waals surface area contributed by atoms with Crippen molar-refractivity contribution >= 4 is 33.2 Å². The molecule has 0 bridgehead atoms. The molecule has 108 valence electrons. The van der Waals surface area contributed by atoms with Crippen molar-refractivity contribution in [3.63, 3.8) is 0 Å². The summed E-state index contributed by atoms with van der Waals surface area (Å²) in [6.07, 6.45) is 1.00. The van der Waals surface area contributed by atoms with Crippen molar-refractivity contribution in [1.29, 1.82) is 0 Å². The number of hydrogen-bond donors (Lipinski definition) is 1. The molecule has 2 aromatic heterocycles. The van der Waals surface area contributed by atoms with Crippen LogP contribution in [0.3, 0.4) is 0 Å². The summed E-state index contributed by atoms with van der Waals surface area (Å²) in [6.45, 7) is 3.92. The average Bonchev–Trinajstić information content (AvgIpc) is 2.91. The first-order valence-electron chi connectivity index (χ1n) is 6.85. The first-order valence-corrected chi connectivity index (χ1v) is 8.16. The minimum absolute atomic E-state index is 0.127. The fourth-order valence-electron chi connectivity index (χ4n) is 2.29. The van der Waals surface area contributed by atoms with Crippen LogP contribution in [0.4, 0.5) is 0 Å². The Morgan fingerprint density at radius 3 is 2.67 bits per heavy atom. The fourth-order valence-corrected chi connectivity index (χ4v) is 3.34. The van der Waals surface area contributed by atoms with Crippen LogP contribution in [0.15, 0.2) is 34.4 Å². The van der Waals surface area contributed by atoms with Gasteiger partial charge in [0.05, 0.1) is 10.8 Å². The zero-order valence-electron chi connectivity index (χ0n) is 11.8. The lowest BCUT2D eigenvalue weighted by Gasteiger charge is -2.04. The number of alkyl halides is 1. The van der Waals surface area contributed by atoms with Gasteiger partial charge in [0.15, 0.2) is 0 Å². The van der Waals surface area contributed by atoms with Crippen molar-refractivity contribution in [2.45, 2.75) is 25.6 Å². The molecule has 5 heteroatoms. The number of H-pyrrole nitrogens is 1. The Kier molecular flexibility index (Phi) is 3.83. The van der Waals surface area contributed by atoms with Gasteiger partial charge in [0.1, 0.15) is 10.7 Å². The summed E-state index contributed by atoms with van der Waals surface area (Å²) in [5.41, 5.74) is 3.12. The SMILES string of the molecule is CCc1ccc(-c2csc3nc(C(C)Cl)[nH]c(=O)c23)cc1. The van der Waals surface area contributed by atoms with Crippen LogP contribution in [0.25, 0.3) is 21.3 Å². The van der Waals surface area contributed by atoms with E-state index < -0.39 is 0 Å². The van der Waals surface area contributed by atoms with Gasteiger partial charge in [0.2, 0.25) is 0 Å². The summed E-state index contributed by atoms with van der Waals surface area (Å²) in [5.74, 6) is 0.517. The highest BCUT2D eigenvalue weighted by atomic mass is 35.5. The highest BCUT2D eigenvalue weighted by Crippen LogP contribution is 2.31. The van der Waals surface area contributed by atoms with E-state index in [2.05, 4.69) is 41.2 Å². The number of rotatable bonds is 3. The summed E-state index contributed by atoms with van der Waals surface area (Å²) in [4.78, 5) is 20.3. The second-order valence-electron chi connectivity index (χ2n) is 4.95. The van der Waals surface area contributed by atoms with Crippen LogP contribution in [0.5, 0.6) is 0 Å². The minimum atomic E-state index is -0.309. The van der Waals surface area contributed by atoms with Gasteiger partial charge in [-0.1, -0.05) is 31.2 Å². The number of benzene rings is 1. The molecule has 0 aliphatic rings. The highest BCUT2D eigenvalue weighted by molar-refractivity contribution is 7.17. The maximum absolute atomic E-state index is 12.3. The van der Waals surface area contributed by atoms with Crippen LogP contribution < -0.4 is 5.56 Å². The zero-order chi connectivity index (χ0) is 15.0. The van der Waals surface area contributed by atoms with Crippen LogP contribution >= 0.6 is 22.9 Å². The molecule has 0 radical (unpaired) electrons. The molecule has 0 amide bonds. The lowest BCUT2D eigenvalue weighted by Crippen LogP contribution is -2.11. The van der Waals surface area contributed by atoms with Crippen LogP contribution in [0.2, 0.25) is 0 Å². The third kappa shape index (κ3) is 2.61. The molecule has 2 heterocycles. The van der Waals surface area contributed by atoms with E-state index in [1.165, 1.54) is 16.9 Å². The van der Waals surface area contributed by atoms with Crippen molar-refractivity contribution < 1.29 is 0 Å². The molecule has 1 unspecified atom stereocenters. The summed E-state index contributed by atoms with van der Waals surface area (Å²) < 4.78 is 0. The number of nitrogens with one attached hydrogen (secondary N) is 1. The standard InChI is InChI=1S/C16H15ClN2OS/c1-3-10-4-6-11(7-5-10)12-8-21-16-13(12)15(20)18-14(19-16)9(2)17/h4-9H,3H2,1-2H3,(H,18,19,20). The van der Waals surface area contributed by atoms with Gasteiger partial charge < -0.3 is 4.98 Å².